The zero-order valence-electron chi connectivity index (χ0n) is 20.8. The number of nitriles is 1. The van der Waals surface area contributed by atoms with Gasteiger partial charge in [-0.2, -0.15) is 18.4 Å². The van der Waals surface area contributed by atoms with E-state index in [2.05, 4.69) is 9.97 Å². The van der Waals surface area contributed by atoms with Crippen molar-refractivity contribution in [2.24, 2.45) is 5.92 Å². The largest absolute Gasteiger partial charge is 0.433 e. The quantitative estimate of drug-likeness (QED) is 0.610. The summed E-state index contributed by atoms with van der Waals surface area (Å²) < 4.78 is 66.2. The molecule has 36 heavy (non-hydrogen) atoms. The standard InChI is InChI=1S/C24H30F3N5O3S/c1-15(2)19-12-31(17-7-6-16(13-33)20(10-17)36(5,34)35)8-9-32(19)22-29-11-18(23(3,4)14-28)21(30-22)24(25,26)27/h6-7,10-11,15,19,33H,8-9,12-13H2,1-5H3. The molecule has 2 aromatic rings. The molecule has 1 fully saturated rings. The molecule has 1 aromatic carbocycles. The molecular weight excluding hydrogens is 495 g/mol. The van der Waals surface area contributed by atoms with Gasteiger partial charge in [0.05, 0.1) is 29.0 Å². The summed E-state index contributed by atoms with van der Waals surface area (Å²) in [5, 5.41) is 18.9. The molecule has 0 radical (unpaired) electrons. The molecule has 2 heterocycles. The normalized spacial score (nSPS) is 17.4. The summed E-state index contributed by atoms with van der Waals surface area (Å²) in [6, 6.07) is 6.43. The van der Waals surface area contributed by atoms with E-state index in [1.54, 1.807) is 17.0 Å². The Labute approximate surface area is 209 Å². The van der Waals surface area contributed by atoms with Gasteiger partial charge in [-0.25, -0.2) is 18.4 Å². The number of aromatic nitrogens is 2. The monoisotopic (exact) mass is 525 g/mol. The van der Waals surface area contributed by atoms with Gasteiger partial charge in [-0.15, -0.1) is 0 Å². The second-order valence-corrected chi connectivity index (χ2v) is 11.8. The molecule has 0 amide bonds. The topological polar surface area (TPSA) is 110 Å². The first kappa shape index (κ1) is 27.7. The lowest BCUT2D eigenvalue weighted by Gasteiger charge is -2.44. The molecule has 8 nitrogen and oxygen atoms in total. The van der Waals surface area contributed by atoms with E-state index in [9.17, 15) is 32.0 Å². The van der Waals surface area contributed by atoms with Crippen molar-refractivity contribution >= 4 is 21.5 Å². The lowest BCUT2D eigenvalue weighted by molar-refractivity contribution is -0.142. The summed E-state index contributed by atoms with van der Waals surface area (Å²) in [6.07, 6.45) is -2.59. The Balaban J connectivity index is 1.99. The van der Waals surface area contributed by atoms with Crippen LogP contribution < -0.4 is 9.80 Å². The molecule has 1 N–H and O–H groups in total. The molecule has 1 aliphatic heterocycles. The Kier molecular flexibility index (Phi) is 7.58. The predicted molar refractivity (Wildman–Crippen MR) is 129 cm³/mol. The molecule has 1 atom stereocenters. The zero-order chi connectivity index (χ0) is 27.1. The number of halogens is 3. The maximum absolute atomic E-state index is 13.9. The number of nitrogens with zero attached hydrogens (tertiary/aromatic N) is 5. The van der Waals surface area contributed by atoms with Crippen molar-refractivity contribution in [1.29, 1.82) is 5.26 Å². The van der Waals surface area contributed by atoms with E-state index in [-0.39, 0.29) is 28.4 Å². The van der Waals surface area contributed by atoms with E-state index in [0.29, 0.717) is 30.9 Å². The van der Waals surface area contributed by atoms with Crippen molar-refractivity contribution in [2.75, 3.05) is 35.7 Å². The number of anilines is 2. The summed E-state index contributed by atoms with van der Waals surface area (Å²) in [7, 11) is -3.57. The summed E-state index contributed by atoms with van der Waals surface area (Å²) in [5.74, 6) is -0.0577. The second kappa shape index (κ2) is 9.86. The number of aliphatic hydroxyl groups excluding tert-OH is 1. The smallest absolute Gasteiger partial charge is 0.392 e. The minimum Gasteiger partial charge on any atom is -0.392 e. The molecule has 1 unspecified atom stereocenters. The van der Waals surface area contributed by atoms with Crippen LogP contribution in [0.15, 0.2) is 29.3 Å². The van der Waals surface area contributed by atoms with Crippen LogP contribution in [0.2, 0.25) is 0 Å². The number of sulfone groups is 1. The first-order chi connectivity index (χ1) is 16.6. The highest BCUT2D eigenvalue weighted by Crippen LogP contribution is 2.37. The first-order valence-corrected chi connectivity index (χ1v) is 13.3. The molecule has 1 aromatic heterocycles. The van der Waals surface area contributed by atoms with E-state index in [4.69, 9.17) is 0 Å². The molecule has 3 rings (SSSR count). The molecule has 196 valence electrons. The van der Waals surface area contributed by atoms with Crippen LogP contribution in [0, 0.1) is 17.2 Å². The summed E-state index contributed by atoms with van der Waals surface area (Å²) in [6.45, 7) is 7.34. The Morgan fingerprint density at radius 2 is 1.92 bits per heavy atom. The third-order valence-electron chi connectivity index (χ3n) is 6.43. The predicted octanol–water partition coefficient (Wildman–Crippen LogP) is 3.54. The molecule has 1 aliphatic rings. The average Bonchev–Trinajstić information content (AvgIpc) is 2.81. The summed E-state index contributed by atoms with van der Waals surface area (Å²) in [5.41, 5.74) is -1.88. The van der Waals surface area contributed by atoms with E-state index in [1.165, 1.54) is 19.9 Å². The van der Waals surface area contributed by atoms with E-state index in [1.807, 2.05) is 24.8 Å². The fraction of sp³-hybridized carbons (Fsp3) is 0.542. The third-order valence-corrected chi connectivity index (χ3v) is 7.61. The van der Waals surface area contributed by atoms with Gasteiger partial charge in [0, 0.05) is 43.3 Å². The lowest BCUT2D eigenvalue weighted by atomic mass is 9.86. The fourth-order valence-corrected chi connectivity index (χ4v) is 5.27. The maximum Gasteiger partial charge on any atom is 0.433 e. The molecule has 12 heteroatoms. The zero-order valence-corrected chi connectivity index (χ0v) is 21.7. The van der Waals surface area contributed by atoms with Crippen LogP contribution in [0.3, 0.4) is 0 Å². The number of aliphatic hydroxyl groups is 1. The van der Waals surface area contributed by atoms with Gasteiger partial charge in [0.15, 0.2) is 15.5 Å². The Morgan fingerprint density at radius 3 is 2.44 bits per heavy atom. The van der Waals surface area contributed by atoms with Crippen LogP contribution in [-0.4, -0.2) is 55.4 Å². The highest BCUT2D eigenvalue weighted by molar-refractivity contribution is 7.90. The first-order valence-electron chi connectivity index (χ1n) is 11.4. The van der Waals surface area contributed by atoms with Gasteiger partial charge in [-0.05, 0) is 37.5 Å². The highest BCUT2D eigenvalue weighted by atomic mass is 32.2. The van der Waals surface area contributed by atoms with Crippen LogP contribution in [0.5, 0.6) is 0 Å². The fourth-order valence-electron chi connectivity index (χ4n) is 4.32. The Hall–Kier alpha value is -2.91. The van der Waals surface area contributed by atoms with Crippen LogP contribution in [0.25, 0.3) is 0 Å². The minimum atomic E-state index is -4.76. The SMILES string of the molecule is CC(C)C1CN(c2ccc(CO)c(S(C)(=O)=O)c2)CCN1c1ncc(C(C)(C)C#N)c(C(F)(F)F)n1. The van der Waals surface area contributed by atoms with E-state index < -0.39 is 33.7 Å². The van der Waals surface area contributed by atoms with Crippen LogP contribution in [0.1, 0.15) is 44.5 Å². The van der Waals surface area contributed by atoms with Crippen molar-refractivity contribution < 1.29 is 26.7 Å². The number of hydrogen-bond donors (Lipinski definition) is 1. The van der Waals surface area contributed by atoms with Crippen LogP contribution in [0.4, 0.5) is 24.8 Å². The second-order valence-electron chi connectivity index (χ2n) is 9.84. The van der Waals surface area contributed by atoms with Crippen molar-refractivity contribution in [3.05, 3.63) is 41.2 Å². The molecule has 0 spiro atoms. The number of rotatable bonds is 6. The number of benzene rings is 1. The Morgan fingerprint density at radius 1 is 1.25 bits per heavy atom. The van der Waals surface area contributed by atoms with Crippen LogP contribution in [-0.2, 0) is 28.0 Å². The van der Waals surface area contributed by atoms with E-state index >= 15 is 0 Å². The molecule has 0 bridgehead atoms. The van der Waals surface area contributed by atoms with Crippen molar-refractivity contribution in [3.8, 4) is 6.07 Å². The van der Waals surface area contributed by atoms with Crippen molar-refractivity contribution in [3.63, 3.8) is 0 Å². The maximum atomic E-state index is 13.9. The summed E-state index contributed by atoms with van der Waals surface area (Å²) in [4.78, 5) is 11.9. The van der Waals surface area contributed by atoms with E-state index in [0.717, 1.165) is 12.5 Å². The number of alkyl halides is 3. The Bertz CT molecular complexity index is 1270. The van der Waals surface area contributed by atoms with Gasteiger partial charge >= 0.3 is 6.18 Å². The van der Waals surface area contributed by atoms with Gasteiger partial charge in [0.25, 0.3) is 0 Å². The molecule has 1 saturated heterocycles. The molecular formula is C24H30F3N5O3S. The van der Waals surface area contributed by atoms with Crippen molar-refractivity contribution in [2.45, 2.75) is 56.8 Å². The van der Waals surface area contributed by atoms with Gasteiger partial charge in [0.2, 0.25) is 5.95 Å². The average molecular weight is 526 g/mol. The van der Waals surface area contributed by atoms with Crippen LogP contribution >= 0.6 is 0 Å². The van der Waals surface area contributed by atoms with Crippen molar-refractivity contribution in [1.82, 2.24) is 9.97 Å². The van der Waals surface area contributed by atoms with Gasteiger partial charge in [-0.3, -0.25) is 0 Å². The third kappa shape index (κ3) is 5.57. The van der Waals surface area contributed by atoms with Gasteiger partial charge in [-0.1, -0.05) is 19.9 Å². The lowest BCUT2D eigenvalue weighted by Crippen LogP contribution is -2.56. The minimum absolute atomic E-state index is 0.00653. The highest BCUT2D eigenvalue weighted by Gasteiger charge is 2.42. The molecule has 0 saturated carbocycles. The van der Waals surface area contributed by atoms with Gasteiger partial charge in [0.1, 0.15) is 0 Å². The van der Waals surface area contributed by atoms with Gasteiger partial charge < -0.3 is 14.9 Å². The number of hydrogen-bond acceptors (Lipinski definition) is 8. The number of piperazine rings is 1. The summed E-state index contributed by atoms with van der Waals surface area (Å²) >= 11 is 0. The molecule has 0 aliphatic carbocycles.